The predicted molar refractivity (Wildman–Crippen MR) is 78.2 cm³/mol. The van der Waals surface area contributed by atoms with Crippen molar-refractivity contribution in [2.24, 2.45) is 0 Å². The summed E-state index contributed by atoms with van der Waals surface area (Å²) in [7, 11) is 0. The molecule has 0 aromatic heterocycles. The van der Waals surface area contributed by atoms with Gasteiger partial charge in [0.1, 0.15) is 5.60 Å². The Morgan fingerprint density at radius 2 is 2.00 bits per heavy atom. The first kappa shape index (κ1) is 16.1. The van der Waals surface area contributed by atoms with E-state index in [1.807, 2.05) is 12.1 Å². The largest absolute Gasteiger partial charge is 0.444 e. The van der Waals surface area contributed by atoms with Crippen LogP contribution in [0.1, 0.15) is 44.4 Å². The van der Waals surface area contributed by atoms with Crippen LogP contribution in [0.25, 0.3) is 0 Å². The highest BCUT2D eigenvalue weighted by atomic mass is 16.6. The third-order valence-corrected chi connectivity index (χ3v) is 2.59. The zero-order valence-corrected chi connectivity index (χ0v) is 12.1. The van der Waals surface area contributed by atoms with E-state index in [-0.39, 0.29) is 12.6 Å². The maximum Gasteiger partial charge on any atom is 0.408 e. The third kappa shape index (κ3) is 5.33. The monoisotopic (exact) mass is 275 g/mol. The van der Waals surface area contributed by atoms with Crippen LogP contribution in [-0.2, 0) is 4.74 Å². The van der Waals surface area contributed by atoms with Gasteiger partial charge in [0, 0.05) is 12.2 Å². The van der Waals surface area contributed by atoms with E-state index in [9.17, 15) is 4.79 Å². The van der Waals surface area contributed by atoms with Crippen LogP contribution >= 0.6 is 0 Å². The van der Waals surface area contributed by atoms with Gasteiger partial charge in [0.15, 0.2) is 0 Å². The fourth-order valence-electron chi connectivity index (χ4n) is 1.71. The van der Waals surface area contributed by atoms with E-state index < -0.39 is 11.7 Å². The first-order valence-electron chi connectivity index (χ1n) is 6.52. The molecule has 2 N–H and O–H groups in total. The van der Waals surface area contributed by atoms with Crippen LogP contribution < -0.4 is 5.32 Å². The Morgan fingerprint density at radius 1 is 1.40 bits per heavy atom. The molecule has 0 radical (unpaired) electrons. The molecule has 4 heteroatoms. The minimum atomic E-state index is -0.554. The average molecular weight is 275 g/mol. The van der Waals surface area contributed by atoms with Crippen molar-refractivity contribution in [3.8, 4) is 12.3 Å². The lowest BCUT2D eigenvalue weighted by molar-refractivity contribution is 0.0496. The summed E-state index contributed by atoms with van der Waals surface area (Å²) in [6.45, 7) is 5.37. The van der Waals surface area contributed by atoms with Crippen LogP contribution in [0.2, 0.25) is 0 Å². The van der Waals surface area contributed by atoms with Gasteiger partial charge in [0.05, 0.1) is 6.04 Å². The number of carbonyl (C=O) groups is 1. The summed E-state index contributed by atoms with van der Waals surface area (Å²) in [6.07, 6.45) is 5.21. The summed E-state index contributed by atoms with van der Waals surface area (Å²) in [6, 6.07) is 6.98. The van der Waals surface area contributed by atoms with Crippen molar-refractivity contribution in [3.05, 3.63) is 35.4 Å². The minimum Gasteiger partial charge on any atom is -0.444 e. The average Bonchev–Trinajstić information content (AvgIpc) is 2.36. The molecule has 20 heavy (non-hydrogen) atoms. The van der Waals surface area contributed by atoms with E-state index in [2.05, 4.69) is 11.2 Å². The summed E-state index contributed by atoms with van der Waals surface area (Å²) < 4.78 is 5.22. The van der Waals surface area contributed by atoms with Crippen molar-refractivity contribution >= 4 is 6.09 Å². The molecule has 108 valence electrons. The number of rotatable bonds is 4. The molecule has 0 heterocycles. The summed E-state index contributed by atoms with van der Waals surface area (Å²) in [5.41, 5.74) is 1.10. The summed E-state index contributed by atoms with van der Waals surface area (Å²) in [5, 5.41) is 11.9. The fourth-order valence-corrected chi connectivity index (χ4v) is 1.71. The van der Waals surface area contributed by atoms with Crippen molar-refractivity contribution in [2.45, 2.75) is 38.8 Å². The number of hydrogen-bond acceptors (Lipinski definition) is 3. The molecule has 0 aliphatic heterocycles. The zero-order chi connectivity index (χ0) is 15.2. The first-order chi connectivity index (χ1) is 9.35. The molecule has 1 atom stereocenters. The Bertz CT molecular complexity index is 480. The van der Waals surface area contributed by atoms with Crippen LogP contribution in [0.15, 0.2) is 24.3 Å². The Morgan fingerprint density at radius 3 is 2.45 bits per heavy atom. The third-order valence-electron chi connectivity index (χ3n) is 2.59. The number of carbonyl (C=O) groups excluding carboxylic acids is 1. The van der Waals surface area contributed by atoms with Crippen LogP contribution in [-0.4, -0.2) is 23.4 Å². The number of nitrogens with one attached hydrogen (secondary N) is 1. The smallest absolute Gasteiger partial charge is 0.408 e. The van der Waals surface area contributed by atoms with Gasteiger partial charge in [-0.2, -0.15) is 0 Å². The van der Waals surface area contributed by atoms with Crippen molar-refractivity contribution in [2.75, 3.05) is 6.61 Å². The van der Waals surface area contributed by atoms with Crippen molar-refractivity contribution in [1.29, 1.82) is 0 Å². The topological polar surface area (TPSA) is 58.6 Å². The van der Waals surface area contributed by atoms with E-state index in [0.29, 0.717) is 6.42 Å². The van der Waals surface area contributed by atoms with Gasteiger partial charge in [0.2, 0.25) is 0 Å². The van der Waals surface area contributed by atoms with Crippen LogP contribution in [0.5, 0.6) is 0 Å². The summed E-state index contributed by atoms with van der Waals surface area (Å²) in [5.74, 6) is 2.54. The lowest BCUT2D eigenvalue weighted by Crippen LogP contribution is -2.35. The van der Waals surface area contributed by atoms with Gasteiger partial charge in [-0.1, -0.05) is 18.1 Å². The summed E-state index contributed by atoms with van der Waals surface area (Å²) >= 11 is 0. The standard InChI is InChI=1S/C16H21NO3/c1-5-12-6-8-13(9-7-12)14(10-11-18)17-15(19)20-16(2,3)4/h1,6-9,14,18H,10-11H2,2-4H3,(H,17,19)/t14-/m0/s1. The highest BCUT2D eigenvalue weighted by Gasteiger charge is 2.20. The molecule has 0 bridgehead atoms. The van der Waals surface area contributed by atoms with Crippen molar-refractivity contribution in [1.82, 2.24) is 5.32 Å². The van der Waals surface area contributed by atoms with E-state index >= 15 is 0 Å². The number of amides is 1. The second kappa shape index (κ2) is 6.97. The Hall–Kier alpha value is -1.99. The molecule has 0 aliphatic carbocycles. The molecular weight excluding hydrogens is 254 g/mol. The molecular formula is C16H21NO3. The number of aliphatic hydroxyl groups excluding tert-OH is 1. The molecule has 0 fully saturated rings. The van der Waals surface area contributed by atoms with Gasteiger partial charge in [-0.25, -0.2) is 4.79 Å². The highest BCUT2D eigenvalue weighted by Crippen LogP contribution is 2.18. The molecule has 0 unspecified atom stereocenters. The second-order valence-electron chi connectivity index (χ2n) is 5.48. The first-order valence-corrected chi connectivity index (χ1v) is 6.52. The van der Waals surface area contributed by atoms with Crippen molar-refractivity contribution in [3.63, 3.8) is 0 Å². The molecule has 1 amide bonds. The maximum atomic E-state index is 11.8. The number of terminal acetylenes is 1. The van der Waals surface area contributed by atoms with E-state index in [0.717, 1.165) is 11.1 Å². The predicted octanol–water partition coefficient (Wildman–Crippen LogP) is 2.62. The SMILES string of the molecule is C#Cc1ccc([C@H](CCO)NC(=O)OC(C)(C)C)cc1. The van der Waals surface area contributed by atoms with Crippen LogP contribution in [0, 0.1) is 12.3 Å². The number of benzene rings is 1. The van der Waals surface area contributed by atoms with E-state index in [1.54, 1.807) is 32.9 Å². The molecule has 1 rings (SSSR count). The second-order valence-corrected chi connectivity index (χ2v) is 5.48. The molecule has 0 saturated heterocycles. The van der Waals surface area contributed by atoms with Crippen LogP contribution in [0.4, 0.5) is 4.79 Å². The lowest BCUT2D eigenvalue weighted by atomic mass is 10.0. The molecule has 4 nitrogen and oxygen atoms in total. The Kier molecular flexibility index (Phi) is 5.60. The van der Waals surface area contributed by atoms with Gasteiger partial charge in [-0.05, 0) is 44.9 Å². The van der Waals surface area contributed by atoms with Gasteiger partial charge in [0.25, 0.3) is 0 Å². The fraction of sp³-hybridized carbons (Fsp3) is 0.438. The van der Waals surface area contributed by atoms with Gasteiger partial charge < -0.3 is 15.2 Å². The zero-order valence-electron chi connectivity index (χ0n) is 12.1. The number of ether oxygens (including phenoxy) is 1. The maximum absolute atomic E-state index is 11.8. The molecule has 0 saturated carbocycles. The number of alkyl carbamates (subject to hydrolysis) is 1. The van der Waals surface area contributed by atoms with E-state index in [4.69, 9.17) is 16.3 Å². The van der Waals surface area contributed by atoms with Gasteiger partial charge in [-0.15, -0.1) is 6.42 Å². The number of hydrogen-bond donors (Lipinski definition) is 2. The van der Waals surface area contributed by atoms with E-state index in [1.165, 1.54) is 0 Å². The molecule has 0 spiro atoms. The minimum absolute atomic E-state index is 0.0304. The van der Waals surface area contributed by atoms with Crippen LogP contribution in [0.3, 0.4) is 0 Å². The highest BCUT2D eigenvalue weighted by molar-refractivity contribution is 5.68. The quantitative estimate of drug-likeness (QED) is 0.830. The lowest BCUT2D eigenvalue weighted by Gasteiger charge is -2.23. The number of aliphatic hydroxyl groups is 1. The Balaban J connectivity index is 2.78. The van der Waals surface area contributed by atoms with Gasteiger partial charge >= 0.3 is 6.09 Å². The van der Waals surface area contributed by atoms with Gasteiger partial charge in [-0.3, -0.25) is 0 Å². The Labute approximate surface area is 120 Å². The molecule has 0 aliphatic rings. The van der Waals surface area contributed by atoms with Crippen molar-refractivity contribution < 1.29 is 14.6 Å². The molecule has 1 aromatic rings. The normalized spacial score (nSPS) is 12.3. The molecule has 1 aromatic carbocycles. The summed E-state index contributed by atoms with van der Waals surface area (Å²) in [4.78, 5) is 11.8.